The molecule has 62 valence electrons. The summed E-state index contributed by atoms with van der Waals surface area (Å²) in [5, 5.41) is 0. The van der Waals surface area contributed by atoms with E-state index in [2.05, 4.69) is 18.4 Å². The van der Waals surface area contributed by atoms with Gasteiger partial charge >= 0.3 is 0 Å². The fourth-order valence-electron chi connectivity index (χ4n) is 1.98. The zero-order valence-electron chi connectivity index (χ0n) is 7.34. The molecule has 0 aromatic rings. The maximum atomic E-state index is 4.02. The van der Waals surface area contributed by atoms with Crippen molar-refractivity contribution in [1.82, 2.24) is 4.90 Å². The van der Waals surface area contributed by atoms with Crippen LogP contribution in [0.15, 0.2) is 12.2 Å². The highest BCUT2D eigenvalue weighted by atomic mass is 15.2. The van der Waals surface area contributed by atoms with E-state index in [0.29, 0.717) is 0 Å². The number of nitrogens with zero attached hydrogens (tertiary/aromatic N) is 1. The third-order valence-electron chi connectivity index (χ3n) is 3.04. The first-order valence-electron chi connectivity index (χ1n) is 4.68. The van der Waals surface area contributed by atoms with Gasteiger partial charge in [0.25, 0.3) is 0 Å². The van der Waals surface area contributed by atoms with Crippen LogP contribution in [-0.2, 0) is 0 Å². The molecule has 1 heterocycles. The molecule has 1 aliphatic heterocycles. The van der Waals surface area contributed by atoms with Gasteiger partial charge in [-0.2, -0.15) is 0 Å². The maximum Gasteiger partial charge on any atom is 0.0125 e. The summed E-state index contributed by atoms with van der Waals surface area (Å²) in [7, 11) is 0. The second-order valence-electron chi connectivity index (χ2n) is 4.07. The molecular weight excluding hydrogens is 134 g/mol. The predicted octanol–water partition coefficient (Wildman–Crippen LogP) is 2.05. The van der Waals surface area contributed by atoms with Crippen molar-refractivity contribution in [2.75, 3.05) is 13.1 Å². The quantitative estimate of drug-likeness (QED) is 0.518. The average Bonchev–Trinajstić information content (AvgIpc) is 2.69. The Labute approximate surface area is 69.1 Å². The summed E-state index contributed by atoms with van der Waals surface area (Å²) in [6.07, 6.45) is 3.92. The van der Waals surface area contributed by atoms with Gasteiger partial charge in [-0.3, -0.25) is 4.90 Å². The molecule has 2 aliphatic rings. The van der Waals surface area contributed by atoms with E-state index in [-0.39, 0.29) is 0 Å². The highest BCUT2D eigenvalue weighted by Crippen LogP contribution is 2.36. The van der Waals surface area contributed by atoms with E-state index in [1.807, 2.05) is 0 Å². The van der Waals surface area contributed by atoms with Crippen LogP contribution in [0.2, 0.25) is 0 Å². The van der Waals surface area contributed by atoms with Crippen LogP contribution in [0.1, 0.15) is 26.2 Å². The van der Waals surface area contributed by atoms with Crippen molar-refractivity contribution in [2.45, 2.75) is 32.2 Å². The fraction of sp³-hybridized carbons (Fsp3) is 0.800. The smallest absolute Gasteiger partial charge is 0.0125 e. The van der Waals surface area contributed by atoms with Crippen molar-refractivity contribution in [3.8, 4) is 0 Å². The van der Waals surface area contributed by atoms with Crippen LogP contribution in [0.25, 0.3) is 0 Å². The molecular formula is C10H17N. The number of hydrogen-bond donors (Lipinski definition) is 0. The minimum atomic E-state index is 0.933. The van der Waals surface area contributed by atoms with E-state index in [0.717, 1.165) is 12.0 Å². The monoisotopic (exact) mass is 151 g/mol. The summed E-state index contributed by atoms with van der Waals surface area (Å²) < 4.78 is 0. The van der Waals surface area contributed by atoms with Crippen molar-refractivity contribution >= 4 is 0 Å². The molecule has 0 N–H and O–H groups in total. The summed E-state index contributed by atoms with van der Waals surface area (Å²) in [4.78, 5) is 2.64. The van der Waals surface area contributed by atoms with E-state index >= 15 is 0 Å². The molecule has 2 fully saturated rings. The van der Waals surface area contributed by atoms with E-state index in [1.54, 1.807) is 0 Å². The Morgan fingerprint density at radius 1 is 1.36 bits per heavy atom. The van der Waals surface area contributed by atoms with E-state index in [9.17, 15) is 0 Å². The van der Waals surface area contributed by atoms with Gasteiger partial charge in [-0.15, -0.1) is 0 Å². The molecule has 1 nitrogen and oxygen atoms in total. The minimum Gasteiger partial charge on any atom is -0.299 e. The lowest BCUT2D eigenvalue weighted by Gasteiger charge is -2.27. The SMILES string of the molecule is C=C1CCN(C2CC2C)CC1. The van der Waals surface area contributed by atoms with Crippen LogP contribution in [-0.4, -0.2) is 24.0 Å². The topological polar surface area (TPSA) is 3.24 Å². The third-order valence-corrected chi connectivity index (χ3v) is 3.04. The Kier molecular flexibility index (Phi) is 1.76. The number of piperidine rings is 1. The molecule has 1 heteroatoms. The normalized spacial score (nSPS) is 39.2. The number of rotatable bonds is 1. The van der Waals surface area contributed by atoms with Crippen molar-refractivity contribution in [2.24, 2.45) is 5.92 Å². The highest BCUT2D eigenvalue weighted by Gasteiger charge is 2.38. The van der Waals surface area contributed by atoms with Gasteiger partial charge < -0.3 is 0 Å². The van der Waals surface area contributed by atoms with E-state index in [1.165, 1.54) is 37.9 Å². The van der Waals surface area contributed by atoms with Gasteiger partial charge in [-0.1, -0.05) is 19.1 Å². The molecule has 0 radical (unpaired) electrons. The van der Waals surface area contributed by atoms with E-state index < -0.39 is 0 Å². The zero-order chi connectivity index (χ0) is 7.84. The van der Waals surface area contributed by atoms with Crippen LogP contribution in [0.5, 0.6) is 0 Å². The molecule has 2 unspecified atom stereocenters. The summed E-state index contributed by atoms with van der Waals surface area (Å²) in [6.45, 7) is 8.92. The lowest BCUT2D eigenvalue weighted by atomic mass is 10.1. The molecule has 1 saturated heterocycles. The van der Waals surface area contributed by atoms with Gasteiger partial charge in [-0.05, 0) is 25.2 Å². The Morgan fingerprint density at radius 3 is 2.36 bits per heavy atom. The molecule has 0 aromatic heterocycles. The van der Waals surface area contributed by atoms with Gasteiger partial charge in [0.05, 0.1) is 0 Å². The molecule has 2 rings (SSSR count). The van der Waals surface area contributed by atoms with Gasteiger partial charge in [0, 0.05) is 19.1 Å². The van der Waals surface area contributed by atoms with Crippen molar-refractivity contribution in [3.05, 3.63) is 12.2 Å². The molecule has 2 atom stereocenters. The molecule has 0 amide bonds. The average molecular weight is 151 g/mol. The Morgan fingerprint density at radius 2 is 1.91 bits per heavy atom. The summed E-state index contributed by atoms with van der Waals surface area (Å²) in [6, 6.07) is 0.933. The maximum absolute atomic E-state index is 4.02. The summed E-state index contributed by atoms with van der Waals surface area (Å²) >= 11 is 0. The van der Waals surface area contributed by atoms with Crippen LogP contribution >= 0.6 is 0 Å². The van der Waals surface area contributed by atoms with Crippen LogP contribution in [0.4, 0.5) is 0 Å². The number of likely N-dealkylation sites (tertiary alicyclic amines) is 1. The Bertz CT molecular complexity index is 164. The molecule has 0 aromatic carbocycles. The molecule has 0 spiro atoms. The lowest BCUT2D eigenvalue weighted by molar-refractivity contribution is 0.238. The predicted molar refractivity (Wildman–Crippen MR) is 47.5 cm³/mol. The first-order chi connectivity index (χ1) is 5.27. The van der Waals surface area contributed by atoms with Crippen molar-refractivity contribution < 1.29 is 0 Å². The Balaban J connectivity index is 1.83. The molecule has 0 bridgehead atoms. The fourth-order valence-corrected chi connectivity index (χ4v) is 1.98. The highest BCUT2D eigenvalue weighted by molar-refractivity contribution is 5.03. The standard InChI is InChI=1S/C10H17N/c1-8-3-5-11(6-4-8)10-7-9(10)2/h9-10H,1,3-7H2,2H3. The minimum absolute atomic E-state index is 0.933. The van der Waals surface area contributed by atoms with Crippen molar-refractivity contribution in [3.63, 3.8) is 0 Å². The molecule has 11 heavy (non-hydrogen) atoms. The van der Waals surface area contributed by atoms with Gasteiger partial charge in [0.15, 0.2) is 0 Å². The Hall–Kier alpha value is -0.300. The van der Waals surface area contributed by atoms with Gasteiger partial charge in [-0.25, -0.2) is 0 Å². The zero-order valence-corrected chi connectivity index (χ0v) is 7.34. The first-order valence-corrected chi connectivity index (χ1v) is 4.68. The second-order valence-corrected chi connectivity index (χ2v) is 4.07. The van der Waals surface area contributed by atoms with Gasteiger partial charge in [0.2, 0.25) is 0 Å². The van der Waals surface area contributed by atoms with Crippen LogP contribution < -0.4 is 0 Å². The first kappa shape index (κ1) is 7.35. The summed E-state index contributed by atoms with van der Waals surface area (Å²) in [5.41, 5.74) is 1.45. The van der Waals surface area contributed by atoms with Gasteiger partial charge in [0.1, 0.15) is 0 Å². The molecule has 1 saturated carbocycles. The second kappa shape index (κ2) is 2.63. The van der Waals surface area contributed by atoms with Crippen LogP contribution in [0.3, 0.4) is 0 Å². The summed E-state index contributed by atoms with van der Waals surface area (Å²) in [5.74, 6) is 0.973. The van der Waals surface area contributed by atoms with E-state index in [4.69, 9.17) is 0 Å². The largest absolute Gasteiger partial charge is 0.299 e. The number of hydrogen-bond acceptors (Lipinski definition) is 1. The van der Waals surface area contributed by atoms with Crippen molar-refractivity contribution in [1.29, 1.82) is 0 Å². The van der Waals surface area contributed by atoms with Crippen LogP contribution in [0, 0.1) is 5.92 Å². The third kappa shape index (κ3) is 1.48. The molecule has 1 aliphatic carbocycles. The lowest BCUT2D eigenvalue weighted by Crippen LogP contribution is -2.33.